The average Bonchev–Trinajstić information content (AvgIpc) is 3.23. The molecule has 0 radical (unpaired) electrons. The van der Waals surface area contributed by atoms with E-state index in [1.807, 2.05) is 30.5 Å². The number of hydrogen-bond acceptors (Lipinski definition) is 3. The number of nitrogens with one attached hydrogen (secondary N) is 3. The molecule has 3 N–H and O–H groups in total. The molecular weight excluding hydrogens is 436 g/mol. The van der Waals surface area contributed by atoms with Crippen LogP contribution in [0, 0.1) is 11.3 Å². The molecule has 0 bridgehead atoms. The number of para-hydroxylation sites is 1. The van der Waals surface area contributed by atoms with Gasteiger partial charge in [0.2, 0.25) is 5.91 Å². The van der Waals surface area contributed by atoms with Crippen LogP contribution in [0.1, 0.15) is 21.5 Å². The van der Waals surface area contributed by atoms with Crippen LogP contribution in [0.3, 0.4) is 0 Å². The van der Waals surface area contributed by atoms with Crippen LogP contribution in [0.2, 0.25) is 5.02 Å². The molecule has 0 saturated carbocycles. The molecular formula is C26H21ClN4O2. The van der Waals surface area contributed by atoms with Gasteiger partial charge in [-0.3, -0.25) is 9.59 Å². The number of nitriles is 1. The SMILES string of the molecule is N#CCc1ccc(NC(=O)[C@H](Cc2c[nH]c3ccccc23)NC(=O)c2ccccc2Cl)cc1. The van der Waals surface area contributed by atoms with Crippen molar-refractivity contribution in [3.05, 3.63) is 101 Å². The summed E-state index contributed by atoms with van der Waals surface area (Å²) in [5, 5.41) is 15.8. The molecule has 1 atom stereocenters. The summed E-state index contributed by atoms with van der Waals surface area (Å²) >= 11 is 6.18. The number of aromatic amines is 1. The van der Waals surface area contributed by atoms with Gasteiger partial charge in [-0.2, -0.15) is 5.26 Å². The van der Waals surface area contributed by atoms with Crippen LogP contribution >= 0.6 is 11.6 Å². The largest absolute Gasteiger partial charge is 0.361 e. The predicted octanol–water partition coefficient (Wildman–Crippen LogP) is 4.87. The molecule has 4 aromatic rings. The molecule has 164 valence electrons. The fourth-order valence-corrected chi connectivity index (χ4v) is 3.86. The van der Waals surface area contributed by atoms with Gasteiger partial charge in [-0.25, -0.2) is 0 Å². The molecule has 0 unspecified atom stereocenters. The third kappa shape index (κ3) is 5.22. The minimum atomic E-state index is -0.841. The molecule has 1 heterocycles. The van der Waals surface area contributed by atoms with Crippen molar-refractivity contribution in [1.29, 1.82) is 5.26 Å². The van der Waals surface area contributed by atoms with Gasteiger partial charge in [0.05, 0.1) is 23.1 Å². The summed E-state index contributed by atoms with van der Waals surface area (Å²) in [6, 6.07) is 22.8. The van der Waals surface area contributed by atoms with Gasteiger partial charge in [-0.15, -0.1) is 0 Å². The van der Waals surface area contributed by atoms with Crippen LogP contribution in [-0.2, 0) is 17.6 Å². The van der Waals surface area contributed by atoms with Gasteiger partial charge in [0.25, 0.3) is 5.91 Å². The van der Waals surface area contributed by atoms with E-state index in [4.69, 9.17) is 16.9 Å². The Kier molecular flexibility index (Phi) is 6.72. The quantitative estimate of drug-likeness (QED) is 0.370. The zero-order valence-electron chi connectivity index (χ0n) is 17.6. The number of anilines is 1. The lowest BCUT2D eigenvalue weighted by Gasteiger charge is -2.19. The predicted molar refractivity (Wildman–Crippen MR) is 129 cm³/mol. The third-order valence-electron chi connectivity index (χ3n) is 5.34. The first-order chi connectivity index (χ1) is 16.0. The van der Waals surface area contributed by atoms with Crippen molar-refractivity contribution in [2.45, 2.75) is 18.9 Å². The zero-order valence-corrected chi connectivity index (χ0v) is 18.4. The lowest BCUT2D eigenvalue weighted by molar-refractivity contribution is -0.118. The maximum atomic E-state index is 13.2. The highest BCUT2D eigenvalue weighted by Crippen LogP contribution is 2.21. The molecule has 2 amide bonds. The van der Waals surface area contributed by atoms with E-state index in [2.05, 4.69) is 21.7 Å². The van der Waals surface area contributed by atoms with Crippen LogP contribution in [-0.4, -0.2) is 22.8 Å². The molecule has 33 heavy (non-hydrogen) atoms. The highest BCUT2D eigenvalue weighted by atomic mass is 35.5. The topological polar surface area (TPSA) is 97.8 Å². The van der Waals surface area contributed by atoms with Crippen molar-refractivity contribution >= 4 is 40.0 Å². The van der Waals surface area contributed by atoms with Gasteiger partial charge in [0.15, 0.2) is 0 Å². The van der Waals surface area contributed by atoms with Gasteiger partial charge >= 0.3 is 0 Å². The molecule has 0 fully saturated rings. The van der Waals surface area contributed by atoms with E-state index in [1.165, 1.54) is 0 Å². The standard InChI is InChI=1S/C26H21ClN4O2/c27-22-7-3-1-6-21(22)25(32)31-24(15-18-16-29-23-8-4-2-5-20(18)23)26(33)30-19-11-9-17(10-12-19)13-14-28/h1-12,16,24,29H,13,15H2,(H,30,33)(H,31,32)/t24-/m0/s1. The summed E-state index contributed by atoms with van der Waals surface area (Å²) in [6.07, 6.45) is 2.44. The van der Waals surface area contributed by atoms with E-state index in [1.54, 1.807) is 48.5 Å². The smallest absolute Gasteiger partial charge is 0.253 e. The number of aromatic nitrogens is 1. The number of halogens is 1. The van der Waals surface area contributed by atoms with E-state index >= 15 is 0 Å². The van der Waals surface area contributed by atoms with Crippen LogP contribution in [0.15, 0.2) is 79.0 Å². The van der Waals surface area contributed by atoms with E-state index in [-0.39, 0.29) is 5.91 Å². The summed E-state index contributed by atoms with van der Waals surface area (Å²) in [4.78, 5) is 29.3. The summed E-state index contributed by atoms with van der Waals surface area (Å²) in [7, 11) is 0. The summed E-state index contributed by atoms with van der Waals surface area (Å²) in [5.41, 5.74) is 3.61. The molecule has 3 aromatic carbocycles. The van der Waals surface area contributed by atoms with E-state index in [0.29, 0.717) is 29.1 Å². The maximum absolute atomic E-state index is 13.2. The number of carbonyl (C=O) groups excluding carboxylic acids is 2. The van der Waals surface area contributed by atoms with Crippen molar-refractivity contribution in [3.8, 4) is 6.07 Å². The average molecular weight is 457 g/mol. The lowest BCUT2D eigenvalue weighted by Crippen LogP contribution is -2.45. The minimum Gasteiger partial charge on any atom is -0.361 e. The van der Waals surface area contributed by atoms with Gasteiger partial charge in [0.1, 0.15) is 6.04 Å². The molecule has 0 aliphatic rings. The first-order valence-electron chi connectivity index (χ1n) is 10.4. The lowest BCUT2D eigenvalue weighted by atomic mass is 10.0. The monoisotopic (exact) mass is 456 g/mol. The Balaban J connectivity index is 1.58. The number of H-pyrrole nitrogens is 1. The number of hydrogen-bond donors (Lipinski definition) is 3. The number of nitrogens with zero attached hydrogens (tertiary/aromatic N) is 1. The van der Waals surface area contributed by atoms with E-state index in [9.17, 15) is 9.59 Å². The summed E-state index contributed by atoms with van der Waals surface area (Å²) in [5.74, 6) is -0.779. The van der Waals surface area contributed by atoms with Crippen molar-refractivity contribution in [2.75, 3.05) is 5.32 Å². The van der Waals surface area contributed by atoms with Gasteiger partial charge in [-0.05, 0) is 41.5 Å². The fraction of sp³-hybridized carbons (Fsp3) is 0.115. The Morgan fingerprint density at radius 3 is 2.48 bits per heavy atom. The molecule has 0 aliphatic carbocycles. The molecule has 0 aliphatic heterocycles. The number of amides is 2. The van der Waals surface area contributed by atoms with E-state index < -0.39 is 11.9 Å². The van der Waals surface area contributed by atoms with Crippen LogP contribution in [0.5, 0.6) is 0 Å². The van der Waals surface area contributed by atoms with Crippen molar-refractivity contribution in [2.24, 2.45) is 0 Å². The van der Waals surface area contributed by atoms with Crippen LogP contribution in [0.25, 0.3) is 10.9 Å². The molecule has 6 nitrogen and oxygen atoms in total. The van der Waals surface area contributed by atoms with Crippen LogP contribution < -0.4 is 10.6 Å². The fourth-order valence-electron chi connectivity index (χ4n) is 3.64. The maximum Gasteiger partial charge on any atom is 0.253 e. The van der Waals surface area contributed by atoms with Gasteiger partial charge in [0, 0.05) is 29.2 Å². The third-order valence-corrected chi connectivity index (χ3v) is 5.67. The number of fused-ring (bicyclic) bond motifs is 1. The summed E-state index contributed by atoms with van der Waals surface area (Å²) in [6.45, 7) is 0. The first kappa shape index (κ1) is 22.1. The Morgan fingerprint density at radius 1 is 1.00 bits per heavy atom. The zero-order chi connectivity index (χ0) is 23.2. The Labute approximate surface area is 196 Å². The molecule has 7 heteroatoms. The Morgan fingerprint density at radius 2 is 1.73 bits per heavy atom. The Bertz CT molecular complexity index is 1340. The molecule has 1 aromatic heterocycles. The highest BCUT2D eigenvalue weighted by Gasteiger charge is 2.24. The first-order valence-corrected chi connectivity index (χ1v) is 10.8. The second-order valence-corrected chi connectivity index (χ2v) is 8.00. The molecule has 0 saturated heterocycles. The number of benzene rings is 3. The molecule has 0 spiro atoms. The van der Waals surface area contributed by atoms with Gasteiger partial charge in [-0.1, -0.05) is 54.1 Å². The second-order valence-electron chi connectivity index (χ2n) is 7.59. The van der Waals surface area contributed by atoms with Gasteiger partial charge < -0.3 is 15.6 Å². The second kappa shape index (κ2) is 10.0. The highest BCUT2D eigenvalue weighted by molar-refractivity contribution is 6.33. The summed E-state index contributed by atoms with van der Waals surface area (Å²) < 4.78 is 0. The Hall–Kier alpha value is -4.08. The van der Waals surface area contributed by atoms with E-state index in [0.717, 1.165) is 22.0 Å². The number of carbonyl (C=O) groups is 2. The van der Waals surface area contributed by atoms with Crippen LogP contribution in [0.4, 0.5) is 5.69 Å². The number of rotatable bonds is 7. The van der Waals surface area contributed by atoms with Crippen molar-refractivity contribution < 1.29 is 9.59 Å². The molecule has 4 rings (SSSR count). The minimum absolute atomic E-state index is 0.290. The normalized spacial score (nSPS) is 11.5. The van der Waals surface area contributed by atoms with Crippen molar-refractivity contribution in [3.63, 3.8) is 0 Å². The van der Waals surface area contributed by atoms with Crippen molar-refractivity contribution in [1.82, 2.24) is 10.3 Å².